The Labute approximate surface area is 106 Å². The van der Waals surface area contributed by atoms with E-state index in [-0.39, 0.29) is 17.9 Å². The summed E-state index contributed by atoms with van der Waals surface area (Å²) in [6.45, 7) is 12.5. The molecule has 0 radical (unpaired) electrons. The number of rotatable bonds is 6. The maximum absolute atomic E-state index is 12.0. The Hall–Kier alpha value is -0.570. The van der Waals surface area contributed by atoms with Crippen LogP contribution in [0.1, 0.15) is 60.8 Å². The molecule has 1 amide bonds. The summed E-state index contributed by atoms with van der Waals surface area (Å²) in [6.07, 6.45) is 2.04. The van der Waals surface area contributed by atoms with E-state index in [9.17, 15) is 9.90 Å². The molecule has 0 aromatic heterocycles. The van der Waals surface area contributed by atoms with Gasteiger partial charge in [0, 0.05) is 6.42 Å². The van der Waals surface area contributed by atoms with Gasteiger partial charge in [-0.15, -0.1) is 0 Å². The molecule has 1 unspecified atom stereocenters. The van der Waals surface area contributed by atoms with Crippen LogP contribution in [-0.2, 0) is 4.79 Å². The molecule has 102 valence electrons. The number of aliphatic hydroxyl groups is 1. The molecule has 3 heteroatoms. The van der Waals surface area contributed by atoms with E-state index in [4.69, 9.17) is 0 Å². The quantitative estimate of drug-likeness (QED) is 0.753. The number of carbonyl (C=O) groups excluding carboxylic acids is 1. The molecule has 0 bridgehead atoms. The maximum atomic E-state index is 12.0. The highest BCUT2D eigenvalue weighted by Crippen LogP contribution is 2.28. The van der Waals surface area contributed by atoms with Crippen molar-refractivity contribution >= 4 is 5.91 Å². The molecule has 0 saturated heterocycles. The van der Waals surface area contributed by atoms with Gasteiger partial charge in [-0.05, 0) is 24.2 Å². The molecule has 3 nitrogen and oxygen atoms in total. The second-order valence-corrected chi connectivity index (χ2v) is 6.16. The summed E-state index contributed by atoms with van der Waals surface area (Å²) in [5, 5.41) is 12.4. The van der Waals surface area contributed by atoms with Crippen LogP contribution in [0.15, 0.2) is 0 Å². The minimum atomic E-state index is -0.436. The van der Waals surface area contributed by atoms with Crippen molar-refractivity contribution in [3.63, 3.8) is 0 Å². The monoisotopic (exact) mass is 243 g/mol. The Kier molecular flexibility index (Phi) is 6.17. The highest BCUT2D eigenvalue weighted by Gasteiger charge is 2.29. The van der Waals surface area contributed by atoms with Gasteiger partial charge in [-0.1, -0.05) is 41.5 Å². The molecule has 0 saturated carbocycles. The van der Waals surface area contributed by atoms with Crippen LogP contribution < -0.4 is 5.32 Å². The first-order valence-corrected chi connectivity index (χ1v) is 6.62. The molecule has 0 aromatic rings. The molecular formula is C14H29NO2. The lowest BCUT2D eigenvalue weighted by atomic mass is 9.80. The maximum Gasteiger partial charge on any atom is 0.220 e. The molecule has 0 aliphatic rings. The van der Waals surface area contributed by atoms with E-state index in [2.05, 4.69) is 33.0 Å². The minimum Gasteiger partial charge on any atom is -0.394 e. The molecule has 0 fully saturated rings. The predicted octanol–water partition coefficient (Wildman–Crippen LogP) is 2.73. The van der Waals surface area contributed by atoms with Gasteiger partial charge in [0.15, 0.2) is 0 Å². The lowest BCUT2D eigenvalue weighted by Gasteiger charge is -2.33. The van der Waals surface area contributed by atoms with Crippen LogP contribution in [0.4, 0.5) is 0 Å². The first-order chi connectivity index (χ1) is 7.70. The average Bonchev–Trinajstić information content (AvgIpc) is 2.24. The van der Waals surface area contributed by atoms with Crippen molar-refractivity contribution in [1.29, 1.82) is 0 Å². The zero-order valence-electron chi connectivity index (χ0n) is 12.3. The summed E-state index contributed by atoms with van der Waals surface area (Å²) in [5.74, 6) is 0.373. The zero-order chi connectivity index (χ0) is 13.7. The Morgan fingerprint density at radius 1 is 1.24 bits per heavy atom. The van der Waals surface area contributed by atoms with E-state index >= 15 is 0 Å². The molecule has 0 aromatic carbocycles. The molecule has 0 aliphatic carbocycles. The SMILES string of the molecule is CCC(CC)(CO)NC(=O)CC(C)C(C)(C)C. The van der Waals surface area contributed by atoms with Gasteiger partial charge in [0.05, 0.1) is 12.1 Å². The van der Waals surface area contributed by atoms with E-state index in [1.807, 2.05) is 13.8 Å². The molecule has 1 atom stereocenters. The van der Waals surface area contributed by atoms with Crippen molar-refractivity contribution in [2.75, 3.05) is 6.61 Å². The van der Waals surface area contributed by atoms with E-state index < -0.39 is 5.54 Å². The van der Waals surface area contributed by atoms with Gasteiger partial charge in [-0.25, -0.2) is 0 Å². The summed E-state index contributed by atoms with van der Waals surface area (Å²) >= 11 is 0. The van der Waals surface area contributed by atoms with Gasteiger partial charge < -0.3 is 10.4 Å². The lowest BCUT2D eigenvalue weighted by molar-refractivity contribution is -0.125. The summed E-state index contributed by atoms with van der Waals surface area (Å²) < 4.78 is 0. The van der Waals surface area contributed by atoms with Crippen molar-refractivity contribution in [3.8, 4) is 0 Å². The second-order valence-electron chi connectivity index (χ2n) is 6.16. The van der Waals surface area contributed by atoms with Gasteiger partial charge >= 0.3 is 0 Å². The zero-order valence-corrected chi connectivity index (χ0v) is 12.3. The Morgan fingerprint density at radius 3 is 2.00 bits per heavy atom. The fourth-order valence-electron chi connectivity index (χ4n) is 1.62. The van der Waals surface area contributed by atoms with Crippen molar-refractivity contribution in [2.24, 2.45) is 11.3 Å². The molecule has 0 spiro atoms. The Bertz CT molecular complexity index is 231. The van der Waals surface area contributed by atoms with Crippen LogP contribution in [0, 0.1) is 11.3 Å². The third-order valence-corrected chi connectivity index (χ3v) is 4.03. The highest BCUT2D eigenvalue weighted by atomic mass is 16.3. The number of carbonyl (C=O) groups is 1. The topological polar surface area (TPSA) is 49.3 Å². The third kappa shape index (κ3) is 5.07. The van der Waals surface area contributed by atoms with Crippen LogP contribution in [0.5, 0.6) is 0 Å². The standard InChI is InChI=1S/C14H29NO2/c1-7-14(8-2,10-16)15-12(17)9-11(3)13(4,5)6/h11,16H,7-10H2,1-6H3,(H,15,17). The van der Waals surface area contributed by atoms with Gasteiger partial charge in [-0.3, -0.25) is 4.79 Å². The highest BCUT2D eigenvalue weighted by molar-refractivity contribution is 5.77. The van der Waals surface area contributed by atoms with Crippen molar-refractivity contribution < 1.29 is 9.90 Å². The van der Waals surface area contributed by atoms with Crippen molar-refractivity contribution in [3.05, 3.63) is 0 Å². The molecule has 17 heavy (non-hydrogen) atoms. The van der Waals surface area contributed by atoms with Gasteiger partial charge in [-0.2, -0.15) is 0 Å². The largest absolute Gasteiger partial charge is 0.394 e. The van der Waals surface area contributed by atoms with Crippen LogP contribution in [-0.4, -0.2) is 23.2 Å². The van der Waals surface area contributed by atoms with Crippen molar-refractivity contribution in [2.45, 2.75) is 66.3 Å². The smallest absolute Gasteiger partial charge is 0.220 e. The average molecular weight is 243 g/mol. The fraction of sp³-hybridized carbons (Fsp3) is 0.929. The normalized spacial score (nSPS) is 14.5. The number of nitrogens with one attached hydrogen (secondary N) is 1. The first kappa shape index (κ1) is 16.4. The number of aliphatic hydroxyl groups excluding tert-OH is 1. The second kappa shape index (κ2) is 6.39. The molecule has 0 rings (SSSR count). The molecule has 2 N–H and O–H groups in total. The summed E-state index contributed by atoms with van der Waals surface area (Å²) in [6, 6.07) is 0. The molecular weight excluding hydrogens is 214 g/mol. The van der Waals surface area contributed by atoms with Crippen LogP contribution in [0.25, 0.3) is 0 Å². The lowest BCUT2D eigenvalue weighted by Crippen LogP contribution is -2.51. The van der Waals surface area contributed by atoms with Crippen molar-refractivity contribution in [1.82, 2.24) is 5.32 Å². The van der Waals surface area contributed by atoms with Crippen LogP contribution >= 0.6 is 0 Å². The fourth-order valence-corrected chi connectivity index (χ4v) is 1.62. The van der Waals surface area contributed by atoms with E-state index in [0.29, 0.717) is 12.3 Å². The Morgan fingerprint density at radius 2 is 1.71 bits per heavy atom. The minimum absolute atomic E-state index is 0.00956. The van der Waals surface area contributed by atoms with Crippen LogP contribution in [0.3, 0.4) is 0 Å². The summed E-state index contributed by atoms with van der Waals surface area (Å²) in [7, 11) is 0. The molecule has 0 heterocycles. The number of hydrogen-bond acceptors (Lipinski definition) is 2. The summed E-state index contributed by atoms with van der Waals surface area (Å²) in [4.78, 5) is 12.0. The molecule has 0 aliphatic heterocycles. The summed E-state index contributed by atoms with van der Waals surface area (Å²) in [5.41, 5.74) is -0.299. The predicted molar refractivity (Wildman–Crippen MR) is 71.8 cm³/mol. The van der Waals surface area contributed by atoms with E-state index in [1.165, 1.54) is 0 Å². The van der Waals surface area contributed by atoms with Gasteiger partial charge in [0.25, 0.3) is 0 Å². The number of hydrogen-bond donors (Lipinski definition) is 2. The van der Waals surface area contributed by atoms with Gasteiger partial charge in [0.2, 0.25) is 5.91 Å². The third-order valence-electron chi connectivity index (χ3n) is 4.03. The Balaban J connectivity index is 4.45. The first-order valence-electron chi connectivity index (χ1n) is 6.62. The van der Waals surface area contributed by atoms with E-state index in [0.717, 1.165) is 12.8 Å². The number of amides is 1. The van der Waals surface area contributed by atoms with Gasteiger partial charge in [0.1, 0.15) is 0 Å². The van der Waals surface area contributed by atoms with Crippen LogP contribution in [0.2, 0.25) is 0 Å². The van der Waals surface area contributed by atoms with E-state index in [1.54, 1.807) is 0 Å².